The molecule has 0 saturated carbocycles. The zero-order valence-electron chi connectivity index (χ0n) is 10.5. The average Bonchev–Trinajstić information content (AvgIpc) is 2.43. The van der Waals surface area contributed by atoms with E-state index in [1.54, 1.807) is 12.1 Å². The Kier molecular flexibility index (Phi) is 4.69. The highest BCUT2D eigenvalue weighted by molar-refractivity contribution is 9.10. The molecule has 0 saturated heterocycles. The van der Waals surface area contributed by atoms with Gasteiger partial charge >= 0.3 is 0 Å². The maximum absolute atomic E-state index is 13.5. The van der Waals surface area contributed by atoms with Crippen LogP contribution < -0.4 is 17.0 Å². The van der Waals surface area contributed by atoms with Gasteiger partial charge in [0.05, 0.1) is 10.5 Å². The molecule has 5 N–H and O–H groups in total. The molecule has 0 radical (unpaired) electrons. The van der Waals surface area contributed by atoms with Crippen LogP contribution in [0.15, 0.2) is 40.9 Å². The molecule has 0 aromatic heterocycles. The van der Waals surface area contributed by atoms with E-state index in [-0.39, 0.29) is 5.82 Å². The van der Waals surface area contributed by atoms with Crippen LogP contribution in [0.3, 0.4) is 0 Å². The van der Waals surface area contributed by atoms with Gasteiger partial charge < -0.3 is 5.73 Å². The third-order valence-electron chi connectivity index (χ3n) is 3.08. The third-order valence-corrected chi connectivity index (χ3v) is 3.97. The van der Waals surface area contributed by atoms with Gasteiger partial charge in [0.1, 0.15) is 11.6 Å². The van der Waals surface area contributed by atoms with Crippen LogP contribution in [0.5, 0.6) is 0 Å². The third kappa shape index (κ3) is 3.15. The second-order valence-electron chi connectivity index (χ2n) is 4.41. The van der Waals surface area contributed by atoms with E-state index in [9.17, 15) is 8.78 Å². The summed E-state index contributed by atoms with van der Waals surface area (Å²) in [5, 5.41) is 0. The standard InChI is InChI=1S/C14H14BrF2N3/c15-14-8(2-1-3-11(14)17)6-13(20-19)10-7-9(16)4-5-12(10)18/h1-5,7,13,20H,6,18-19H2. The van der Waals surface area contributed by atoms with Crippen molar-refractivity contribution in [1.82, 2.24) is 5.43 Å². The molecule has 2 aromatic rings. The summed E-state index contributed by atoms with van der Waals surface area (Å²) in [6, 6.07) is 8.41. The first-order valence-corrected chi connectivity index (χ1v) is 6.76. The largest absolute Gasteiger partial charge is 0.398 e. The first-order valence-electron chi connectivity index (χ1n) is 5.97. The lowest BCUT2D eigenvalue weighted by molar-refractivity contribution is 0.541. The summed E-state index contributed by atoms with van der Waals surface area (Å²) >= 11 is 3.19. The molecular weight excluding hydrogens is 328 g/mol. The molecular formula is C14H14BrF2N3. The second-order valence-corrected chi connectivity index (χ2v) is 5.20. The van der Waals surface area contributed by atoms with Gasteiger partial charge in [-0.15, -0.1) is 0 Å². The van der Waals surface area contributed by atoms with Crippen LogP contribution in [0.4, 0.5) is 14.5 Å². The zero-order valence-corrected chi connectivity index (χ0v) is 12.1. The molecule has 2 aromatic carbocycles. The normalized spacial score (nSPS) is 12.4. The van der Waals surface area contributed by atoms with E-state index in [4.69, 9.17) is 11.6 Å². The number of nitrogen functional groups attached to an aromatic ring is 1. The molecule has 0 aliphatic carbocycles. The predicted octanol–water partition coefficient (Wildman–Crippen LogP) is 3.06. The van der Waals surface area contributed by atoms with Gasteiger partial charge in [0.2, 0.25) is 0 Å². The van der Waals surface area contributed by atoms with Crippen molar-refractivity contribution in [2.24, 2.45) is 5.84 Å². The van der Waals surface area contributed by atoms with E-state index in [1.165, 1.54) is 24.3 Å². The van der Waals surface area contributed by atoms with Crippen LogP contribution in [0.1, 0.15) is 17.2 Å². The molecule has 1 atom stereocenters. The first kappa shape index (κ1) is 14.9. The predicted molar refractivity (Wildman–Crippen MR) is 78.7 cm³/mol. The van der Waals surface area contributed by atoms with Crippen molar-refractivity contribution < 1.29 is 8.78 Å². The molecule has 0 amide bonds. The van der Waals surface area contributed by atoms with E-state index in [0.29, 0.717) is 22.1 Å². The molecule has 0 spiro atoms. The van der Waals surface area contributed by atoms with Crippen LogP contribution in [0, 0.1) is 11.6 Å². The van der Waals surface area contributed by atoms with Gasteiger partial charge in [-0.3, -0.25) is 11.3 Å². The van der Waals surface area contributed by atoms with Gasteiger partial charge in [0.15, 0.2) is 0 Å². The minimum absolute atomic E-state index is 0.356. The van der Waals surface area contributed by atoms with E-state index >= 15 is 0 Å². The lowest BCUT2D eigenvalue weighted by Gasteiger charge is -2.19. The van der Waals surface area contributed by atoms with Crippen molar-refractivity contribution in [2.45, 2.75) is 12.5 Å². The molecule has 20 heavy (non-hydrogen) atoms. The molecule has 6 heteroatoms. The van der Waals surface area contributed by atoms with Crippen molar-refractivity contribution in [2.75, 3.05) is 5.73 Å². The Morgan fingerprint density at radius 1 is 1.20 bits per heavy atom. The van der Waals surface area contributed by atoms with E-state index in [1.807, 2.05) is 0 Å². The van der Waals surface area contributed by atoms with Crippen LogP contribution in [0.25, 0.3) is 0 Å². The smallest absolute Gasteiger partial charge is 0.137 e. The Morgan fingerprint density at radius 3 is 2.65 bits per heavy atom. The molecule has 0 fully saturated rings. The van der Waals surface area contributed by atoms with E-state index in [0.717, 1.165) is 5.56 Å². The number of halogens is 3. The van der Waals surface area contributed by atoms with Crippen molar-refractivity contribution >= 4 is 21.6 Å². The Balaban J connectivity index is 2.34. The van der Waals surface area contributed by atoms with Crippen molar-refractivity contribution in [3.8, 4) is 0 Å². The molecule has 106 valence electrons. The van der Waals surface area contributed by atoms with Crippen molar-refractivity contribution in [3.63, 3.8) is 0 Å². The topological polar surface area (TPSA) is 64.1 Å². The number of benzene rings is 2. The van der Waals surface area contributed by atoms with E-state index in [2.05, 4.69) is 21.4 Å². The van der Waals surface area contributed by atoms with Gasteiger partial charge in [0.25, 0.3) is 0 Å². The summed E-state index contributed by atoms with van der Waals surface area (Å²) in [4.78, 5) is 0. The van der Waals surface area contributed by atoms with Crippen molar-refractivity contribution in [1.29, 1.82) is 0 Å². The summed E-state index contributed by atoms with van der Waals surface area (Å²) in [6.45, 7) is 0. The molecule has 0 aliphatic heterocycles. The number of nitrogens with two attached hydrogens (primary N) is 2. The fraction of sp³-hybridized carbons (Fsp3) is 0.143. The Morgan fingerprint density at radius 2 is 1.95 bits per heavy atom. The lowest BCUT2D eigenvalue weighted by atomic mass is 9.98. The van der Waals surface area contributed by atoms with Crippen LogP contribution in [0.2, 0.25) is 0 Å². The lowest BCUT2D eigenvalue weighted by Crippen LogP contribution is -2.30. The summed E-state index contributed by atoms with van der Waals surface area (Å²) in [6.07, 6.45) is 0.377. The monoisotopic (exact) mass is 341 g/mol. The van der Waals surface area contributed by atoms with Gasteiger partial charge in [-0.1, -0.05) is 12.1 Å². The Hall–Kier alpha value is -1.50. The van der Waals surface area contributed by atoms with Crippen molar-refractivity contribution in [3.05, 3.63) is 63.6 Å². The first-order chi connectivity index (χ1) is 9.52. The van der Waals surface area contributed by atoms with Gasteiger partial charge in [-0.2, -0.15) is 0 Å². The summed E-state index contributed by atoms with van der Waals surface area (Å²) in [7, 11) is 0. The zero-order chi connectivity index (χ0) is 14.7. The maximum atomic E-state index is 13.5. The Bertz CT molecular complexity index is 619. The fourth-order valence-corrected chi connectivity index (χ4v) is 2.46. The molecule has 0 aliphatic rings. The minimum Gasteiger partial charge on any atom is -0.398 e. The summed E-state index contributed by atoms with van der Waals surface area (Å²) in [5.74, 6) is 4.77. The highest BCUT2D eigenvalue weighted by Gasteiger charge is 2.17. The maximum Gasteiger partial charge on any atom is 0.137 e. The molecule has 3 nitrogen and oxygen atoms in total. The number of hydrogen-bond donors (Lipinski definition) is 3. The minimum atomic E-state index is -0.413. The number of anilines is 1. The number of nitrogens with one attached hydrogen (secondary N) is 1. The summed E-state index contributed by atoms with van der Waals surface area (Å²) in [5.41, 5.74) is 10.1. The molecule has 0 heterocycles. The highest BCUT2D eigenvalue weighted by Crippen LogP contribution is 2.28. The van der Waals surface area contributed by atoms with Gasteiger partial charge in [-0.05, 0) is 57.7 Å². The second kappa shape index (κ2) is 6.30. The Labute approximate surface area is 124 Å². The average molecular weight is 342 g/mol. The van der Waals surface area contributed by atoms with Crippen LogP contribution in [-0.4, -0.2) is 0 Å². The number of rotatable bonds is 4. The highest BCUT2D eigenvalue weighted by atomic mass is 79.9. The molecule has 2 rings (SSSR count). The van der Waals surface area contributed by atoms with Gasteiger partial charge in [-0.25, -0.2) is 8.78 Å². The number of hydrogen-bond acceptors (Lipinski definition) is 3. The number of hydrazine groups is 1. The van der Waals surface area contributed by atoms with Crippen LogP contribution in [-0.2, 0) is 6.42 Å². The quantitative estimate of drug-likeness (QED) is 0.455. The molecule has 0 bridgehead atoms. The molecule has 1 unspecified atom stereocenters. The summed E-state index contributed by atoms with van der Waals surface area (Å²) < 4.78 is 27.2. The fourth-order valence-electron chi connectivity index (χ4n) is 2.03. The van der Waals surface area contributed by atoms with Gasteiger partial charge in [0, 0.05) is 5.69 Å². The van der Waals surface area contributed by atoms with E-state index < -0.39 is 11.9 Å². The van der Waals surface area contributed by atoms with Crippen LogP contribution >= 0.6 is 15.9 Å². The SMILES string of the molecule is NNC(Cc1cccc(F)c1Br)c1cc(F)ccc1N.